The summed E-state index contributed by atoms with van der Waals surface area (Å²) in [4.78, 5) is 37.1. The summed E-state index contributed by atoms with van der Waals surface area (Å²) in [5.41, 5.74) is 0.778. The van der Waals surface area contributed by atoms with Crippen LogP contribution in [0.4, 0.5) is 5.69 Å². The number of carbonyl (C=O) groups excluding carboxylic acids is 3. The predicted molar refractivity (Wildman–Crippen MR) is 88.3 cm³/mol. The number of rotatable bonds is 8. The molecule has 0 bridgehead atoms. The Balaban J connectivity index is 2.91. The molecule has 1 rings (SSSR count). The molecule has 0 spiro atoms. The van der Waals surface area contributed by atoms with Gasteiger partial charge in [0.1, 0.15) is 0 Å². The first kappa shape index (κ1) is 18.7. The minimum absolute atomic E-state index is 0.119. The molecule has 0 aliphatic heterocycles. The van der Waals surface area contributed by atoms with Gasteiger partial charge in [-0.05, 0) is 25.5 Å². The number of para-hydroxylation sites is 1. The predicted octanol–water partition coefficient (Wildman–Crippen LogP) is 2.13. The molecule has 0 saturated heterocycles. The largest absolute Gasteiger partial charge is 0.462 e. The number of nitrogens with one attached hydrogen (secondary N) is 1. The summed E-state index contributed by atoms with van der Waals surface area (Å²) >= 11 is 0. The summed E-state index contributed by atoms with van der Waals surface area (Å²) in [5.74, 6) is -0.832. The normalized spacial score (nSPS) is 10.0. The highest BCUT2D eigenvalue weighted by Gasteiger charge is 2.20. The van der Waals surface area contributed by atoms with E-state index in [9.17, 15) is 14.4 Å². The van der Waals surface area contributed by atoms with Crippen LogP contribution in [0.2, 0.25) is 0 Å². The molecule has 1 aromatic carbocycles. The average molecular weight is 320 g/mol. The van der Waals surface area contributed by atoms with Crippen molar-refractivity contribution in [3.63, 3.8) is 0 Å². The Morgan fingerprint density at radius 3 is 2.48 bits per heavy atom. The summed E-state index contributed by atoms with van der Waals surface area (Å²) < 4.78 is 5.02. The maximum absolute atomic E-state index is 12.0. The highest BCUT2D eigenvalue weighted by atomic mass is 16.5. The van der Waals surface area contributed by atoms with Gasteiger partial charge >= 0.3 is 5.97 Å². The number of carbonyl (C=O) groups is 3. The number of esters is 1. The summed E-state index contributed by atoms with van der Waals surface area (Å²) in [6, 6.07) is 6.74. The smallest absolute Gasteiger partial charge is 0.340 e. The lowest BCUT2D eigenvalue weighted by Crippen LogP contribution is -2.35. The van der Waals surface area contributed by atoms with Crippen LogP contribution < -0.4 is 10.2 Å². The molecule has 2 amide bonds. The van der Waals surface area contributed by atoms with Gasteiger partial charge in [-0.1, -0.05) is 19.1 Å². The quantitative estimate of drug-likeness (QED) is 0.745. The van der Waals surface area contributed by atoms with Crippen LogP contribution in [0.5, 0.6) is 0 Å². The van der Waals surface area contributed by atoms with E-state index in [4.69, 9.17) is 4.74 Å². The number of ether oxygens (including phenoxy) is 1. The van der Waals surface area contributed by atoms with Crippen LogP contribution in [0.25, 0.3) is 0 Å². The van der Waals surface area contributed by atoms with Crippen molar-refractivity contribution < 1.29 is 19.1 Å². The molecule has 126 valence electrons. The van der Waals surface area contributed by atoms with Crippen molar-refractivity contribution in [2.75, 3.05) is 24.6 Å². The monoisotopic (exact) mass is 320 g/mol. The van der Waals surface area contributed by atoms with Gasteiger partial charge in [-0.2, -0.15) is 0 Å². The van der Waals surface area contributed by atoms with Gasteiger partial charge < -0.3 is 15.0 Å². The number of amides is 2. The van der Waals surface area contributed by atoms with Crippen LogP contribution >= 0.6 is 0 Å². The molecule has 23 heavy (non-hydrogen) atoms. The fourth-order valence-corrected chi connectivity index (χ4v) is 2.10. The zero-order valence-electron chi connectivity index (χ0n) is 13.9. The number of anilines is 1. The topological polar surface area (TPSA) is 75.7 Å². The lowest BCUT2D eigenvalue weighted by Gasteiger charge is -2.23. The highest BCUT2D eigenvalue weighted by molar-refractivity contribution is 6.02. The van der Waals surface area contributed by atoms with Crippen molar-refractivity contribution in [2.24, 2.45) is 0 Å². The van der Waals surface area contributed by atoms with E-state index < -0.39 is 5.97 Å². The third kappa shape index (κ3) is 5.73. The molecule has 0 aliphatic carbocycles. The average Bonchev–Trinajstić information content (AvgIpc) is 2.53. The van der Waals surface area contributed by atoms with Crippen LogP contribution in [0.1, 0.15) is 44.0 Å². The van der Waals surface area contributed by atoms with Crippen LogP contribution in [-0.2, 0) is 14.3 Å². The van der Waals surface area contributed by atoms with E-state index in [2.05, 4.69) is 5.32 Å². The summed E-state index contributed by atoms with van der Waals surface area (Å²) in [7, 11) is 0. The zero-order chi connectivity index (χ0) is 17.2. The molecule has 6 heteroatoms. The van der Waals surface area contributed by atoms with Crippen molar-refractivity contribution >= 4 is 23.5 Å². The molecule has 0 atom stereocenters. The fourth-order valence-electron chi connectivity index (χ4n) is 2.10. The van der Waals surface area contributed by atoms with E-state index in [1.807, 2.05) is 6.92 Å². The van der Waals surface area contributed by atoms with E-state index in [1.54, 1.807) is 31.2 Å². The highest BCUT2D eigenvalue weighted by Crippen LogP contribution is 2.22. The fraction of sp³-hybridized carbons (Fsp3) is 0.471. The van der Waals surface area contributed by atoms with Gasteiger partial charge in [0.15, 0.2) is 0 Å². The molecule has 0 heterocycles. The van der Waals surface area contributed by atoms with Crippen molar-refractivity contribution in [1.29, 1.82) is 0 Å². The van der Waals surface area contributed by atoms with Crippen LogP contribution in [0.3, 0.4) is 0 Å². The lowest BCUT2D eigenvalue weighted by atomic mass is 10.1. The Bertz CT molecular complexity index is 557. The molecular weight excluding hydrogens is 296 g/mol. The van der Waals surface area contributed by atoms with Gasteiger partial charge in [-0.25, -0.2) is 4.79 Å². The summed E-state index contributed by atoms with van der Waals surface area (Å²) in [6.45, 7) is 6.18. The molecule has 0 saturated carbocycles. The van der Waals surface area contributed by atoms with Gasteiger partial charge in [0.05, 0.1) is 17.9 Å². The van der Waals surface area contributed by atoms with Crippen LogP contribution in [0, 0.1) is 0 Å². The second-order valence-corrected chi connectivity index (χ2v) is 5.01. The van der Waals surface area contributed by atoms with E-state index in [0.29, 0.717) is 17.8 Å². The Kier molecular flexibility index (Phi) is 7.80. The molecular formula is C17H24N2O4. The van der Waals surface area contributed by atoms with E-state index in [0.717, 1.165) is 6.42 Å². The van der Waals surface area contributed by atoms with Crippen molar-refractivity contribution in [3.8, 4) is 0 Å². The molecule has 0 aliphatic rings. The Morgan fingerprint density at radius 2 is 1.87 bits per heavy atom. The van der Waals surface area contributed by atoms with Gasteiger partial charge in [-0.3, -0.25) is 9.59 Å². The van der Waals surface area contributed by atoms with Crippen LogP contribution in [-0.4, -0.2) is 37.5 Å². The van der Waals surface area contributed by atoms with Crippen molar-refractivity contribution in [1.82, 2.24) is 5.32 Å². The van der Waals surface area contributed by atoms with E-state index in [1.165, 1.54) is 11.8 Å². The maximum Gasteiger partial charge on any atom is 0.340 e. The minimum atomic E-state index is -0.482. The molecule has 0 fully saturated rings. The number of hydrogen-bond acceptors (Lipinski definition) is 4. The second-order valence-electron chi connectivity index (χ2n) is 5.01. The summed E-state index contributed by atoms with van der Waals surface area (Å²) in [5, 5.41) is 2.77. The number of nitrogens with zero attached hydrogens (tertiary/aromatic N) is 1. The minimum Gasteiger partial charge on any atom is -0.462 e. The molecule has 0 unspecified atom stereocenters. The Morgan fingerprint density at radius 1 is 1.17 bits per heavy atom. The number of hydrogen-bond donors (Lipinski definition) is 1. The van der Waals surface area contributed by atoms with Gasteiger partial charge in [-0.15, -0.1) is 0 Å². The molecule has 1 aromatic rings. The first-order chi connectivity index (χ1) is 11.0. The van der Waals surface area contributed by atoms with Crippen molar-refractivity contribution in [3.05, 3.63) is 29.8 Å². The summed E-state index contributed by atoms with van der Waals surface area (Å²) in [6.07, 6.45) is 1.03. The zero-order valence-corrected chi connectivity index (χ0v) is 13.9. The molecule has 6 nitrogen and oxygen atoms in total. The molecule has 0 radical (unpaired) electrons. The van der Waals surface area contributed by atoms with E-state index >= 15 is 0 Å². The first-order valence-electron chi connectivity index (χ1n) is 7.82. The second kappa shape index (κ2) is 9.61. The van der Waals surface area contributed by atoms with E-state index in [-0.39, 0.29) is 31.4 Å². The Labute approximate surface area is 136 Å². The standard InChI is InChI=1S/C17H24N2O4/c1-4-11-18-16(21)10-12-19(13(3)20)15-9-7-6-8-14(15)17(22)23-5-2/h6-9H,4-5,10-12H2,1-3H3,(H,18,21). The van der Waals surface area contributed by atoms with Crippen molar-refractivity contribution in [2.45, 2.75) is 33.6 Å². The van der Waals surface area contributed by atoms with Gasteiger partial charge in [0.2, 0.25) is 11.8 Å². The van der Waals surface area contributed by atoms with Crippen LogP contribution in [0.15, 0.2) is 24.3 Å². The lowest BCUT2D eigenvalue weighted by molar-refractivity contribution is -0.121. The van der Waals surface area contributed by atoms with Gasteiger partial charge in [0.25, 0.3) is 0 Å². The number of benzene rings is 1. The molecule has 1 N–H and O–H groups in total. The SMILES string of the molecule is CCCNC(=O)CCN(C(C)=O)c1ccccc1C(=O)OCC. The third-order valence-electron chi connectivity index (χ3n) is 3.20. The third-order valence-corrected chi connectivity index (χ3v) is 3.20. The molecule has 0 aromatic heterocycles. The maximum atomic E-state index is 12.0. The Hall–Kier alpha value is -2.37. The van der Waals surface area contributed by atoms with Gasteiger partial charge in [0, 0.05) is 26.4 Å². The first-order valence-corrected chi connectivity index (χ1v) is 7.82.